The van der Waals surface area contributed by atoms with E-state index >= 15 is 0 Å². The van der Waals surface area contributed by atoms with E-state index in [2.05, 4.69) is 24.5 Å². The van der Waals surface area contributed by atoms with Crippen LogP contribution in [-0.4, -0.2) is 54.3 Å². The molecule has 40 heavy (non-hydrogen) atoms. The Bertz CT molecular complexity index is 1060. The average Bonchev–Trinajstić information content (AvgIpc) is 3.48. The predicted octanol–water partition coefficient (Wildman–Crippen LogP) is 5.40. The molecule has 0 saturated heterocycles. The summed E-state index contributed by atoms with van der Waals surface area (Å²) in [6.45, 7) is 8.13. The van der Waals surface area contributed by atoms with Gasteiger partial charge in [-0.3, -0.25) is 14.4 Å². The Hall–Kier alpha value is -2.71. The number of nitrogens with one attached hydrogen (secondary N) is 2. The molecule has 0 spiro atoms. The first-order valence-corrected chi connectivity index (χ1v) is 16.0. The predicted molar refractivity (Wildman–Crippen MR) is 164 cm³/mol. The summed E-state index contributed by atoms with van der Waals surface area (Å²) in [5, 5.41) is 8.28. The van der Waals surface area contributed by atoms with Crippen LogP contribution in [0.3, 0.4) is 0 Å². The Balaban J connectivity index is 1.66. The van der Waals surface area contributed by atoms with Crippen LogP contribution in [0.15, 0.2) is 41.8 Å². The highest BCUT2D eigenvalue weighted by Crippen LogP contribution is 2.23. The van der Waals surface area contributed by atoms with Crippen LogP contribution in [0.4, 0.5) is 0 Å². The molecule has 2 aromatic rings. The molecule has 1 aromatic heterocycles. The molecule has 3 atom stereocenters. The number of hydrogen-bond donors (Lipinski definition) is 3. The number of carbonyl (C=O) groups excluding carboxylic acids is 3. The lowest BCUT2D eigenvalue weighted by Crippen LogP contribution is -2.50. The van der Waals surface area contributed by atoms with Crippen molar-refractivity contribution in [3.05, 3.63) is 57.8 Å². The molecule has 1 aliphatic rings. The van der Waals surface area contributed by atoms with Gasteiger partial charge in [0.15, 0.2) is 0 Å². The number of hydrogen-bond acceptors (Lipinski definition) is 5. The van der Waals surface area contributed by atoms with Crippen LogP contribution >= 0.6 is 11.3 Å². The van der Waals surface area contributed by atoms with Gasteiger partial charge in [-0.1, -0.05) is 52.2 Å². The summed E-state index contributed by atoms with van der Waals surface area (Å²) in [4.78, 5) is 42.4. The quantitative estimate of drug-likeness (QED) is 0.268. The van der Waals surface area contributed by atoms with Crippen molar-refractivity contribution in [2.75, 3.05) is 19.6 Å². The van der Waals surface area contributed by atoms with Crippen molar-refractivity contribution in [1.82, 2.24) is 15.5 Å². The fourth-order valence-corrected chi connectivity index (χ4v) is 6.29. The second-order valence-corrected chi connectivity index (χ2v) is 12.3. The van der Waals surface area contributed by atoms with E-state index in [1.165, 1.54) is 32.1 Å². The Morgan fingerprint density at radius 3 is 2.38 bits per heavy atom. The Morgan fingerprint density at radius 2 is 1.73 bits per heavy atom. The number of thiophene rings is 1. The smallest absolute Gasteiger partial charge is 0.253 e. The van der Waals surface area contributed by atoms with Crippen LogP contribution in [0.1, 0.15) is 97.7 Å². The zero-order chi connectivity index (χ0) is 28.9. The van der Waals surface area contributed by atoms with Crippen LogP contribution in [0.25, 0.3) is 0 Å². The number of carbonyl (C=O) groups is 3. The summed E-state index contributed by atoms with van der Waals surface area (Å²) < 4.78 is 0. The molecule has 1 fully saturated rings. The minimum atomic E-state index is -0.407. The van der Waals surface area contributed by atoms with E-state index in [4.69, 9.17) is 5.73 Å². The van der Waals surface area contributed by atoms with Gasteiger partial charge in [-0.05, 0) is 67.7 Å². The van der Waals surface area contributed by atoms with Gasteiger partial charge in [0.25, 0.3) is 11.8 Å². The van der Waals surface area contributed by atoms with E-state index in [9.17, 15) is 14.4 Å². The lowest BCUT2D eigenvalue weighted by molar-refractivity contribution is -0.125. The molecule has 1 saturated carbocycles. The molecule has 1 aliphatic carbocycles. The third kappa shape index (κ3) is 9.73. The van der Waals surface area contributed by atoms with E-state index in [1.54, 1.807) is 35.6 Å². The minimum Gasteiger partial charge on any atom is -0.356 e. The molecule has 7 nitrogen and oxygen atoms in total. The highest BCUT2D eigenvalue weighted by molar-refractivity contribution is 7.09. The molecule has 0 aliphatic heterocycles. The summed E-state index contributed by atoms with van der Waals surface area (Å²) >= 11 is 1.62. The molecule has 3 rings (SSSR count). The van der Waals surface area contributed by atoms with Gasteiger partial charge in [-0.15, -0.1) is 11.3 Å². The Labute approximate surface area is 244 Å². The first-order chi connectivity index (χ1) is 19.3. The topological polar surface area (TPSA) is 105 Å². The molecule has 1 aromatic carbocycles. The molecule has 0 radical (unpaired) electrons. The van der Waals surface area contributed by atoms with Gasteiger partial charge in [0, 0.05) is 60.1 Å². The Morgan fingerprint density at radius 1 is 1.02 bits per heavy atom. The van der Waals surface area contributed by atoms with Crippen LogP contribution in [0, 0.1) is 11.8 Å². The molecule has 8 heteroatoms. The number of nitrogens with two attached hydrogens (primary N) is 1. The summed E-state index contributed by atoms with van der Waals surface area (Å²) in [5.74, 6) is 0.0162. The van der Waals surface area contributed by atoms with E-state index < -0.39 is 6.04 Å². The van der Waals surface area contributed by atoms with Crippen LogP contribution in [0.5, 0.6) is 0 Å². The SMILES string of the molecule is CCCN(CCC)C(=O)c1cccc(C(=O)N[C@@H](Cc2cccs2)[C@@H](N)C[C@@H](C)C(=O)NCC2CCCCC2)c1. The van der Waals surface area contributed by atoms with Crippen molar-refractivity contribution < 1.29 is 14.4 Å². The number of nitrogens with zero attached hydrogens (tertiary/aromatic N) is 1. The standard InChI is InChI=1S/C32H48N4O3S/c1-4-16-36(17-5-2)32(39)26-14-9-13-25(20-26)31(38)35-29(21-27-15-10-18-40-27)28(33)19-23(3)30(37)34-22-24-11-7-6-8-12-24/h9-10,13-15,18,20,23-24,28-29H,4-8,11-12,16-17,19,21-22,33H2,1-3H3,(H,34,37)(H,35,38)/t23-,28+,29+/m1/s1. The van der Waals surface area contributed by atoms with Crippen LogP contribution in [0.2, 0.25) is 0 Å². The van der Waals surface area contributed by atoms with E-state index in [0.29, 0.717) is 43.0 Å². The summed E-state index contributed by atoms with van der Waals surface area (Å²) in [6, 6.07) is 10.2. The second kappa shape index (κ2) is 16.5. The van der Waals surface area contributed by atoms with Gasteiger partial charge >= 0.3 is 0 Å². The zero-order valence-electron chi connectivity index (χ0n) is 24.5. The number of rotatable bonds is 15. The van der Waals surface area contributed by atoms with Crippen molar-refractivity contribution in [2.24, 2.45) is 17.6 Å². The molecule has 0 bridgehead atoms. The monoisotopic (exact) mass is 568 g/mol. The number of benzene rings is 1. The van der Waals surface area contributed by atoms with Gasteiger partial charge in [0.05, 0.1) is 0 Å². The largest absolute Gasteiger partial charge is 0.356 e. The van der Waals surface area contributed by atoms with Crippen molar-refractivity contribution in [3.8, 4) is 0 Å². The normalized spacial score (nSPS) is 16.1. The van der Waals surface area contributed by atoms with Gasteiger partial charge in [0.2, 0.25) is 5.91 Å². The van der Waals surface area contributed by atoms with Crippen LogP contribution < -0.4 is 16.4 Å². The van der Waals surface area contributed by atoms with E-state index in [0.717, 1.165) is 24.3 Å². The van der Waals surface area contributed by atoms with E-state index in [1.807, 2.05) is 29.3 Å². The Kier molecular flexibility index (Phi) is 13.1. The number of amides is 3. The maximum absolute atomic E-state index is 13.4. The first kappa shape index (κ1) is 31.8. The van der Waals surface area contributed by atoms with Crippen molar-refractivity contribution in [1.29, 1.82) is 0 Å². The van der Waals surface area contributed by atoms with Crippen molar-refractivity contribution in [3.63, 3.8) is 0 Å². The zero-order valence-corrected chi connectivity index (χ0v) is 25.3. The molecular formula is C32H48N4O3S. The molecular weight excluding hydrogens is 520 g/mol. The molecule has 1 heterocycles. The maximum atomic E-state index is 13.4. The first-order valence-electron chi connectivity index (χ1n) is 15.1. The fraction of sp³-hybridized carbons (Fsp3) is 0.594. The summed E-state index contributed by atoms with van der Waals surface area (Å²) in [6.07, 6.45) is 8.97. The third-order valence-corrected chi connectivity index (χ3v) is 8.74. The molecule has 220 valence electrons. The van der Waals surface area contributed by atoms with Gasteiger partial charge in [-0.2, -0.15) is 0 Å². The van der Waals surface area contributed by atoms with Crippen molar-refractivity contribution >= 4 is 29.1 Å². The highest BCUT2D eigenvalue weighted by atomic mass is 32.1. The van der Waals surface area contributed by atoms with E-state index in [-0.39, 0.29) is 29.7 Å². The molecule has 3 amide bonds. The van der Waals surface area contributed by atoms with Gasteiger partial charge in [0.1, 0.15) is 0 Å². The van der Waals surface area contributed by atoms with Crippen molar-refractivity contribution in [2.45, 2.75) is 90.6 Å². The van der Waals surface area contributed by atoms with Crippen LogP contribution in [-0.2, 0) is 11.2 Å². The average molecular weight is 569 g/mol. The fourth-order valence-electron chi connectivity index (χ4n) is 5.53. The summed E-state index contributed by atoms with van der Waals surface area (Å²) in [5.41, 5.74) is 7.61. The van der Waals surface area contributed by atoms with Gasteiger partial charge < -0.3 is 21.3 Å². The van der Waals surface area contributed by atoms with Gasteiger partial charge in [-0.25, -0.2) is 0 Å². The molecule has 0 unspecified atom stereocenters. The summed E-state index contributed by atoms with van der Waals surface area (Å²) in [7, 11) is 0. The highest BCUT2D eigenvalue weighted by Gasteiger charge is 2.27. The lowest BCUT2D eigenvalue weighted by Gasteiger charge is -2.28. The minimum absolute atomic E-state index is 0.0251. The molecule has 4 N–H and O–H groups in total. The third-order valence-electron chi connectivity index (χ3n) is 7.84. The second-order valence-electron chi connectivity index (χ2n) is 11.3. The lowest BCUT2D eigenvalue weighted by atomic mass is 9.89. The maximum Gasteiger partial charge on any atom is 0.253 e.